The smallest absolute Gasteiger partial charge is 0.272 e. The number of pyridine rings is 1. The number of nitrogens with one attached hydrogen (secondary N) is 1. The maximum atomic E-state index is 12.6. The van der Waals surface area contributed by atoms with Crippen molar-refractivity contribution in [2.45, 2.75) is 33.1 Å². The lowest BCUT2D eigenvalue weighted by atomic mass is 10.1. The van der Waals surface area contributed by atoms with Crippen LogP contribution in [0.15, 0.2) is 36.5 Å². The van der Waals surface area contributed by atoms with Crippen LogP contribution in [0.3, 0.4) is 0 Å². The Hall–Kier alpha value is -2.69. The van der Waals surface area contributed by atoms with E-state index < -0.39 is 0 Å². The van der Waals surface area contributed by atoms with Crippen LogP contribution >= 0.6 is 0 Å². The molecule has 1 saturated heterocycles. The highest BCUT2D eigenvalue weighted by molar-refractivity contribution is 6.06. The van der Waals surface area contributed by atoms with Gasteiger partial charge in [-0.1, -0.05) is 18.2 Å². The summed E-state index contributed by atoms with van der Waals surface area (Å²) in [5.74, 6) is -0.325. The lowest BCUT2D eigenvalue weighted by molar-refractivity contribution is 0.0718. The van der Waals surface area contributed by atoms with Crippen molar-refractivity contribution >= 4 is 17.5 Å². The predicted octanol–water partition coefficient (Wildman–Crippen LogP) is 3.58. The number of carbonyl (C=O) groups excluding carboxylic acids is 2. The molecule has 2 heterocycles. The molecule has 0 aliphatic carbocycles. The zero-order valence-electron chi connectivity index (χ0n) is 14.7. The Morgan fingerprint density at radius 2 is 1.72 bits per heavy atom. The van der Waals surface area contributed by atoms with E-state index in [1.54, 1.807) is 12.1 Å². The van der Waals surface area contributed by atoms with E-state index in [4.69, 9.17) is 0 Å². The standard InChI is InChI=1S/C20H23N3O2/c1-14-7-6-8-15(2)18(14)22-19(24)16-9-10-21-17(13-16)20(25)23-11-4-3-5-12-23/h6-10,13H,3-5,11-12H2,1-2H3,(H,22,24). The summed E-state index contributed by atoms with van der Waals surface area (Å²) in [6.07, 6.45) is 4.74. The molecule has 1 aliphatic rings. The summed E-state index contributed by atoms with van der Waals surface area (Å²) in [4.78, 5) is 31.2. The number of anilines is 1. The molecule has 5 heteroatoms. The number of likely N-dealkylation sites (tertiary alicyclic amines) is 1. The van der Waals surface area contributed by atoms with Crippen molar-refractivity contribution in [1.29, 1.82) is 0 Å². The fraction of sp³-hybridized carbons (Fsp3) is 0.350. The molecule has 1 N–H and O–H groups in total. The molecule has 1 aliphatic heterocycles. The van der Waals surface area contributed by atoms with Crippen molar-refractivity contribution in [3.63, 3.8) is 0 Å². The van der Waals surface area contributed by atoms with E-state index in [2.05, 4.69) is 10.3 Å². The van der Waals surface area contributed by atoms with Gasteiger partial charge in [0, 0.05) is 30.5 Å². The molecule has 1 aromatic carbocycles. The maximum absolute atomic E-state index is 12.6. The van der Waals surface area contributed by atoms with Gasteiger partial charge >= 0.3 is 0 Å². The van der Waals surface area contributed by atoms with Crippen molar-refractivity contribution in [1.82, 2.24) is 9.88 Å². The largest absolute Gasteiger partial charge is 0.337 e. The maximum Gasteiger partial charge on any atom is 0.272 e. The number of carbonyl (C=O) groups is 2. The third-order valence-electron chi connectivity index (χ3n) is 4.60. The Morgan fingerprint density at radius 3 is 2.40 bits per heavy atom. The summed E-state index contributed by atoms with van der Waals surface area (Å²) in [5, 5.41) is 2.95. The van der Waals surface area contributed by atoms with Crippen molar-refractivity contribution in [3.05, 3.63) is 58.9 Å². The molecule has 1 aromatic heterocycles. The second-order valence-electron chi connectivity index (χ2n) is 6.50. The molecule has 25 heavy (non-hydrogen) atoms. The van der Waals surface area contributed by atoms with E-state index >= 15 is 0 Å². The average molecular weight is 337 g/mol. The van der Waals surface area contributed by atoms with Crippen molar-refractivity contribution < 1.29 is 9.59 Å². The molecule has 0 atom stereocenters. The van der Waals surface area contributed by atoms with Crippen LogP contribution in [0, 0.1) is 13.8 Å². The molecule has 2 aromatic rings. The normalized spacial score (nSPS) is 14.2. The number of piperidine rings is 1. The van der Waals surface area contributed by atoms with E-state index in [0.29, 0.717) is 11.3 Å². The second kappa shape index (κ2) is 7.47. The number of para-hydroxylation sites is 1. The highest BCUT2D eigenvalue weighted by atomic mass is 16.2. The third kappa shape index (κ3) is 3.87. The zero-order chi connectivity index (χ0) is 17.8. The summed E-state index contributed by atoms with van der Waals surface area (Å²) in [7, 11) is 0. The minimum absolute atomic E-state index is 0.0959. The van der Waals surface area contributed by atoms with Gasteiger partial charge in [-0.3, -0.25) is 14.6 Å². The molecule has 0 unspecified atom stereocenters. The number of rotatable bonds is 3. The van der Waals surface area contributed by atoms with Crippen LogP contribution in [0.5, 0.6) is 0 Å². The van der Waals surface area contributed by atoms with Gasteiger partial charge in [0.05, 0.1) is 0 Å². The minimum Gasteiger partial charge on any atom is -0.337 e. The van der Waals surface area contributed by atoms with Crippen LogP contribution in [-0.4, -0.2) is 34.8 Å². The van der Waals surface area contributed by atoms with Crippen LogP contribution in [0.1, 0.15) is 51.2 Å². The topological polar surface area (TPSA) is 62.3 Å². The highest BCUT2D eigenvalue weighted by Crippen LogP contribution is 2.20. The van der Waals surface area contributed by atoms with E-state index in [1.807, 2.05) is 36.9 Å². The Morgan fingerprint density at radius 1 is 1.04 bits per heavy atom. The van der Waals surface area contributed by atoms with Crippen LogP contribution in [-0.2, 0) is 0 Å². The monoisotopic (exact) mass is 337 g/mol. The molecular weight excluding hydrogens is 314 g/mol. The first-order valence-corrected chi connectivity index (χ1v) is 8.69. The first-order valence-electron chi connectivity index (χ1n) is 8.69. The van der Waals surface area contributed by atoms with Gasteiger partial charge < -0.3 is 10.2 Å². The van der Waals surface area contributed by atoms with Crippen LogP contribution < -0.4 is 5.32 Å². The van der Waals surface area contributed by atoms with Crippen molar-refractivity contribution in [2.75, 3.05) is 18.4 Å². The number of aromatic nitrogens is 1. The first kappa shape index (κ1) is 17.1. The van der Waals surface area contributed by atoms with Crippen molar-refractivity contribution in [3.8, 4) is 0 Å². The highest BCUT2D eigenvalue weighted by Gasteiger charge is 2.20. The van der Waals surface area contributed by atoms with Crippen LogP contribution in [0.25, 0.3) is 0 Å². The second-order valence-corrected chi connectivity index (χ2v) is 6.50. The Kier molecular flexibility index (Phi) is 5.12. The summed E-state index contributed by atoms with van der Waals surface area (Å²) >= 11 is 0. The zero-order valence-corrected chi connectivity index (χ0v) is 14.7. The number of hydrogen-bond acceptors (Lipinski definition) is 3. The third-order valence-corrected chi connectivity index (χ3v) is 4.60. The molecule has 0 radical (unpaired) electrons. The lowest BCUT2D eigenvalue weighted by Crippen LogP contribution is -2.36. The summed E-state index contributed by atoms with van der Waals surface area (Å²) in [5.41, 5.74) is 3.60. The number of aryl methyl sites for hydroxylation is 2. The van der Waals surface area contributed by atoms with Gasteiger partial charge in [0.25, 0.3) is 11.8 Å². The van der Waals surface area contributed by atoms with Gasteiger partial charge in [0.1, 0.15) is 5.69 Å². The summed E-state index contributed by atoms with van der Waals surface area (Å²) in [6, 6.07) is 9.10. The molecule has 0 bridgehead atoms. The average Bonchev–Trinajstić information content (AvgIpc) is 2.65. The molecule has 130 valence electrons. The molecular formula is C20H23N3O2. The summed E-state index contributed by atoms with van der Waals surface area (Å²) < 4.78 is 0. The van der Waals surface area contributed by atoms with E-state index in [-0.39, 0.29) is 11.8 Å². The summed E-state index contributed by atoms with van der Waals surface area (Å²) in [6.45, 7) is 5.44. The fourth-order valence-electron chi connectivity index (χ4n) is 3.15. The van der Waals surface area contributed by atoms with Crippen LogP contribution in [0.4, 0.5) is 5.69 Å². The molecule has 2 amide bonds. The van der Waals surface area contributed by atoms with Crippen LogP contribution in [0.2, 0.25) is 0 Å². The molecule has 0 saturated carbocycles. The molecule has 1 fully saturated rings. The minimum atomic E-state index is -0.229. The SMILES string of the molecule is Cc1cccc(C)c1NC(=O)c1ccnc(C(=O)N2CCCCC2)c1. The van der Waals surface area contributed by atoms with E-state index in [0.717, 1.165) is 49.2 Å². The number of amides is 2. The first-order chi connectivity index (χ1) is 12.1. The van der Waals surface area contributed by atoms with Crippen molar-refractivity contribution in [2.24, 2.45) is 0 Å². The van der Waals surface area contributed by atoms with Gasteiger partial charge in [-0.05, 0) is 56.4 Å². The quantitative estimate of drug-likeness (QED) is 0.931. The van der Waals surface area contributed by atoms with E-state index in [9.17, 15) is 9.59 Å². The Balaban J connectivity index is 1.78. The van der Waals surface area contributed by atoms with E-state index in [1.165, 1.54) is 6.20 Å². The van der Waals surface area contributed by atoms with Gasteiger partial charge in [-0.2, -0.15) is 0 Å². The Bertz CT molecular complexity index is 775. The number of nitrogens with zero attached hydrogens (tertiary/aromatic N) is 2. The number of hydrogen-bond donors (Lipinski definition) is 1. The van der Waals surface area contributed by atoms with Gasteiger partial charge in [0.2, 0.25) is 0 Å². The molecule has 0 spiro atoms. The Labute approximate surface area is 148 Å². The predicted molar refractivity (Wildman–Crippen MR) is 97.9 cm³/mol. The van der Waals surface area contributed by atoms with Gasteiger partial charge in [-0.25, -0.2) is 0 Å². The van der Waals surface area contributed by atoms with Gasteiger partial charge in [-0.15, -0.1) is 0 Å². The number of benzene rings is 1. The van der Waals surface area contributed by atoms with Gasteiger partial charge in [0.15, 0.2) is 0 Å². The lowest BCUT2D eigenvalue weighted by Gasteiger charge is -2.26. The molecule has 5 nitrogen and oxygen atoms in total. The fourth-order valence-corrected chi connectivity index (χ4v) is 3.15. The molecule has 3 rings (SSSR count).